The third kappa shape index (κ3) is 2.93. The average molecular weight is 212 g/mol. The second kappa shape index (κ2) is 6.41. The molecule has 0 aliphatic heterocycles. The van der Waals surface area contributed by atoms with Crippen LogP contribution in [0.5, 0.6) is 0 Å². The molecule has 0 saturated carbocycles. The van der Waals surface area contributed by atoms with Crippen LogP contribution in [0.1, 0.15) is 33.6 Å². The molecule has 0 rings (SSSR count). The van der Waals surface area contributed by atoms with Crippen LogP contribution in [0.15, 0.2) is 0 Å². The quantitative estimate of drug-likeness (QED) is 0.718. The molecule has 86 valence electrons. The van der Waals surface area contributed by atoms with Gasteiger partial charge in [0.2, 0.25) is 5.91 Å². The Kier molecular flexibility index (Phi) is 5.95. The predicted molar refractivity (Wildman–Crippen MR) is 58.0 cm³/mol. The van der Waals surface area contributed by atoms with Crippen molar-refractivity contribution >= 4 is 5.91 Å². The van der Waals surface area contributed by atoms with Gasteiger partial charge in [-0.05, 0) is 19.8 Å². The molecule has 15 heavy (non-hydrogen) atoms. The molecule has 0 saturated heterocycles. The van der Waals surface area contributed by atoms with Crippen molar-refractivity contribution in [3.8, 4) is 6.07 Å². The summed E-state index contributed by atoms with van der Waals surface area (Å²) < 4.78 is 0. The first kappa shape index (κ1) is 13.9. The van der Waals surface area contributed by atoms with Gasteiger partial charge in [-0.1, -0.05) is 13.8 Å². The van der Waals surface area contributed by atoms with Crippen LogP contribution in [0.3, 0.4) is 0 Å². The van der Waals surface area contributed by atoms with Crippen molar-refractivity contribution < 1.29 is 9.90 Å². The number of hydrogen-bond acceptors (Lipinski definition) is 3. The summed E-state index contributed by atoms with van der Waals surface area (Å²) in [6, 6.07) is 2.12. The Balaban J connectivity index is 4.84. The molecule has 0 unspecified atom stereocenters. The van der Waals surface area contributed by atoms with E-state index in [2.05, 4.69) is 6.07 Å². The first-order chi connectivity index (χ1) is 7.11. The minimum absolute atomic E-state index is 0.0610. The third-order valence-corrected chi connectivity index (χ3v) is 2.87. The zero-order valence-corrected chi connectivity index (χ0v) is 9.79. The zero-order chi connectivity index (χ0) is 11.9. The minimum atomic E-state index is -0.912. The van der Waals surface area contributed by atoms with Crippen LogP contribution in [-0.4, -0.2) is 35.6 Å². The highest BCUT2D eigenvalue weighted by Crippen LogP contribution is 2.27. The van der Waals surface area contributed by atoms with Crippen LogP contribution >= 0.6 is 0 Å². The lowest BCUT2D eigenvalue weighted by atomic mass is 9.82. The Bertz CT molecular complexity index is 241. The van der Waals surface area contributed by atoms with Crippen LogP contribution in [0.25, 0.3) is 0 Å². The number of amides is 1. The smallest absolute Gasteiger partial charge is 0.243 e. The number of nitriles is 1. The summed E-state index contributed by atoms with van der Waals surface area (Å²) in [7, 11) is 0. The Morgan fingerprint density at radius 2 is 1.93 bits per heavy atom. The number of aliphatic hydroxyl groups is 1. The number of carbonyl (C=O) groups is 1. The van der Waals surface area contributed by atoms with Crippen molar-refractivity contribution in [1.82, 2.24) is 4.90 Å². The van der Waals surface area contributed by atoms with Crippen LogP contribution < -0.4 is 0 Å². The van der Waals surface area contributed by atoms with Gasteiger partial charge in [0.15, 0.2) is 0 Å². The Labute approximate surface area is 91.5 Å². The van der Waals surface area contributed by atoms with E-state index in [0.29, 0.717) is 25.9 Å². The molecule has 4 heteroatoms. The number of nitrogens with zero attached hydrogens (tertiary/aromatic N) is 2. The van der Waals surface area contributed by atoms with Crippen LogP contribution in [0.4, 0.5) is 0 Å². The van der Waals surface area contributed by atoms with Gasteiger partial charge in [0, 0.05) is 13.1 Å². The fraction of sp³-hybridized carbons (Fsp3) is 0.818. The van der Waals surface area contributed by atoms with E-state index in [1.165, 1.54) is 4.90 Å². The number of likely N-dealkylation sites (N-methyl/N-ethyl adjacent to an activating group) is 1. The van der Waals surface area contributed by atoms with Crippen molar-refractivity contribution in [3.05, 3.63) is 0 Å². The highest BCUT2D eigenvalue weighted by atomic mass is 16.3. The molecule has 0 aliphatic rings. The summed E-state index contributed by atoms with van der Waals surface area (Å²) in [6.45, 7) is 6.31. The fourth-order valence-corrected chi connectivity index (χ4v) is 1.59. The number of rotatable bonds is 6. The number of carbonyl (C=O) groups excluding carboxylic acids is 1. The topological polar surface area (TPSA) is 64.3 Å². The molecule has 0 fully saturated rings. The van der Waals surface area contributed by atoms with Gasteiger partial charge < -0.3 is 10.0 Å². The van der Waals surface area contributed by atoms with E-state index >= 15 is 0 Å². The van der Waals surface area contributed by atoms with Gasteiger partial charge in [0.25, 0.3) is 0 Å². The van der Waals surface area contributed by atoms with E-state index in [1.54, 1.807) is 0 Å². The first-order valence-corrected chi connectivity index (χ1v) is 5.43. The van der Waals surface area contributed by atoms with Gasteiger partial charge in [-0.15, -0.1) is 0 Å². The van der Waals surface area contributed by atoms with E-state index in [9.17, 15) is 4.79 Å². The molecule has 0 radical (unpaired) electrons. The van der Waals surface area contributed by atoms with E-state index in [1.807, 2.05) is 20.8 Å². The van der Waals surface area contributed by atoms with Crippen LogP contribution in [0.2, 0.25) is 0 Å². The molecule has 0 heterocycles. The Morgan fingerprint density at radius 1 is 1.40 bits per heavy atom. The van der Waals surface area contributed by atoms with Gasteiger partial charge in [0.05, 0.1) is 12.7 Å². The largest absolute Gasteiger partial charge is 0.395 e. The molecule has 0 spiro atoms. The van der Waals surface area contributed by atoms with Crippen molar-refractivity contribution in [1.29, 1.82) is 5.26 Å². The summed E-state index contributed by atoms with van der Waals surface area (Å²) in [6.07, 6.45) is 1.03. The maximum atomic E-state index is 12.1. The number of hydrogen-bond donors (Lipinski definition) is 1. The van der Waals surface area contributed by atoms with Crippen molar-refractivity contribution in [3.63, 3.8) is 0 Å². The lowest BCUT2D eigenvalue weighted by Gasteiger charge is -2.29. The monoisotopic (exact) mass is 212 g/mol. The Hall–Kier alpha value is -1.08. The molecule has 0 aromatic rings. The van der Waals surface area contributed by atoms with Crippen molar-refractivity contribution in [2.45, 2.75) is 33.6 Å². The van der Waals surface area contributed by atoms with E-state index in [-0.39, 0.29) is 12.5 Å². The average Bonchev–Trinajstić information content (AvgIpc) is 2.28. The van der Waals surface area contributed by atoms with E-state index < -0.39 is 5.41 Å². The van der Waals surface area contributed by atoms with E-state index in [4.69, 9.17) is 10.4 Å². The van der Waals surface area contributed by atoms with Crippen molar-refractivity contribution in [2.75, 3.05) is 19.7 Å². The maximum Gasteiger partial charge on any atom is 0.243 e. The summed E-state index contributed by atoms with van der Waals surface area (Å²) >= 11 is 0. The second-order valence-corrected chi connectivity index (χ2v) is 3.51. The highest BCUT2D eigenvalue weighted by Gasteiger charge is 2.37. The molecule has 0 aromatic carbocycles. The van der Waals surface area contributed by atoms with Crippen LogP contribution in [0, 0.1) is 16.7 Å². The Morgan fingerprint density at radius 3 is 2.20 bits per heavy atom. The van der Waals surface area contributed by atoms with Gasteiger partial charge in [-0.2, -0.15) is 5.26 Å². The lowest BCUT2D eigenvalue weighted by molar-refractivity contribution is -0.139. The maximum absolute atomic E-state index is 12.1. The van der Waals surface area contributed by atoms with Gasteiger partial charge in [-0.3, -0.25) is 4.79 Å². The van der Waals surface area contributed by atoms with Gasteiger partial charge >= 0.3 is 0 Å². The normalized spacial score (nSPS) is 10.9. The molecular weight excluding hydrogens is 192 g/mol. The first-order valence-electron chi connectivity index (χ1n) is 5.43. The zero-order valence-electron chi connectivity index (χ0n) is 9.79. The predicted octanol–water partition coefficient (Wildman–Crippen LogP) is 1.16. The summed E-state index contributed by atoms with van der Waals surface area (Å²) in [5.74, 6) is -0.161. The molecule has 1 amide bonds. The second-order valence-electron chi connectivity index (χ2n) is 3.51. The van der Waals surface area contributed by atoms with Crippen LogP contribution in [-0.2, 0) is 4.79 Å². The molecule has 0 aliphatic carbocycles. The molecule has 0 aromatic heterocycles. The highest BCUT2D eigenvalue weighted by molar-refractivity contribution is 5.85. The van der Waals surface area contributed by atoms with Crippen molar-refractivity contribution in [2.24, 2.45) is 5.41 Å². The number of aliphatic hydroxyl groups excluding tert-OH is 1. The molecule has 4 nitrogen and oxygen atoms in total. The SMILES string of the molecule is CCN(CCO)C(=O)C(C#N)(CC)CC. The summed E-state index contributed by atoms with van der Waals surface area (Å²) in [5, 5.41) is 17.9. The lowest BCUT2D eigenvalue weighted by Crippen LogP contribution is -2.44. The van der Waals surface area contributed by atoms with Gasteiger partial charge in [-0.25, -0.2) is 0 Å². The third-order valence-electron chi connectivity index (χ3n) is 2.87. The molecule has 0 atom stereocenters. The molecule has 1 N–H and O–H groups in total. The van der Waals surface area contributed by atoms with E-state index in [0.717, 1.165) is 0 Å². The minimum Gasteiger partial charge on any atom is -0.395 e. The molecular formula is C11H20N2O2. The summed E-state index contributed by atoms with van der Waals surface area (Å²) in [5.41, 5.74) is -0.912. The fourth-order valence-electron chi connectivity index (χ4n) is 1.59. The standard InChI is InChI=1S/C11H20N2O2/c1-4-11(5-2,9-12)10(15)13(6-3)7-8-14/h14H,4-8H2,1-3H3. The molecule has 0 bridgehead atoms. The summed E-state index contributed by atoms with van der Waals surface area (Å²) in [4.78, 5) is 13.6. The van der Waals surface area contributed by atoms with Gasteiger partial charge in [0.1, 0.15) is 5.41 Å².